The Kier molecular flexibility index (Phi) is 6.51. The van der Waals surface area contributed by atoms with E-state index in [4.69, 9.17) is 0 Å². The molecule has 0 aromatic rings. The second kappa shape index (κ2) is 7.94. The minimum atomic E-state index is 0.712. The maximum atomic E-state index is 3.60. The van der Waals surface area contributed by atoms with E-state index in [2.05, 4.69) is 50.1 Å². The zero-order valence-electron chi connectivity index (χ0n) is 14.9. The fourth-order valence-corrected chi connectivity index (χ4v) is 4.67. The summed E-state index contributed by atoms with van der Waals surface area (Å²) in [5.41, 5.74) is 0. The molecule has 4 atom stereocenters. The van der Waals surface area contributed by atoms with Crippen molar-refractivity contribution in [3.05, 3.63) is 0 Å². The lowest BCUT2D eigenvalue weighted by molar-refractivity contribution is 0.0993. The van der Waals surface area contributed by atoms with E-state index in [-0.39, 0.29) is 0 Å². The summed E-state index contributed by atoms with van der Waals surface area (Å²) in [6.45, 7) is 10.0. The van der Waals surface area contributed by atoms with Crippen LogP contribution in [0.5, 0.6) is 0 Å². The molecule has 0 aromatic carbocycles. The van der Waals surface area contributed by atoms with Crippen LogP contribution in [0.25, 0.3) is 0 Å². The third kappa shape index (κ3) is 4.94. The molecular weight excluding hydrogens is 258 g/mol. The summed E-state index contributed by atoms with van der Waals surface area (Å²) in [7, 11) is 6.75. The van der Waals surface area contributed by atoms with Crippen molar-refractivity contribution in [3.63, 3.8) is 0 Å². The van der Waals surface area contributed by atoms with Crippen molar-refractivity contribution >= 4 is 0 Å². The van der Waals surface area contributed by atoms with Crippen LogP contribution in [0.3, 0.4) is 0 Å². The lowest BCUT2D eigenvalue weighted by Crippen LogP contribution is -2.48. The molecule has 0 aromatic heterocycles. The highest BCUT2D eigenvalue weighted by Crippen LogP contribution is 2.34. The van der Waals surface area contributed by atoms with Crippen molar-refractivity contribution < 1.29 is 0 Å². The highest BCUT2D eigenvalue weighted by Gasteiger charge is 2.33. The van der Waals surface area contributed by atoms with E-state index in [1.807, 2.05) is 0 Å². The molecule has 0 amide bonds. The Morgan fingerprint density at radius 1 is 1.10 bits per heavy atom. The topological polar surface area (TPSA) is 18.5 Å². The van der Waals surface area contributed by atoms with Crippen LogP contribution in [0.15, 0.2) is 0 Å². The number of hydrogen-bond acceptors (Lipinski definition) is 3. The Balaban J connectivity index is 1.81. The summed E-state index contributed by atoms with van der Waals surface area (Å²) in [6, 6.07) is 0.712. The van der Waals surface area contributed by atoms with Crippen LogP contribution in [-0.2, 0) is 0 Å². The summed E-state index contributed by atoms with van der Waals surface area (Å²) in [6.07, 6.45) is 5.53. The van der Waals surface area contributed by atoms with Crippen molar-refractivity contribution in [2.24, 2.45) is 23.7 Å². The third-order valence-electron chi connectivity index (χ3n) is 5.98. The van der Waals surface area contributed by atoms with Gasteiger partial charge in [-0.15, -0.1) is 0 Å². The average molecular weight is 296 g/mol. The van der Waals surface area contributed by atoms with Crippen LogP contribution >= 0.6 is 0 Å². The molecule has 3 heteroatoms. The van der Waals surface area contributed by atoms with E-state index in [1.54, 1.807) is 0 Å². The molecule has 0 bridgehead atoms. The highest BCUT2D eigenvalue weighted by atomic mass is 15.1. The van der Waals surface area contributed by atoms with E-state index in [9.17, 15) is 0 Å². The molecule has 1 N–H and O–H groups in total. The number of piperidine rings is 1. The average Bonchev–Trinajstić information content (AvgIpc) is 2.44. The van der Waals surface area contributed by atoms with Crippen LogP contribution in [0.1, 0.15) is 39.5 Å². The molecule has 21 heavy (non-hydrogen) atoms. The van der Waals surface area contributed by atoms with Gasteiger partial charge in [0.25, 0.3) is 0 Å². The first-order valence-corrected chi connectivity index (χ1v) is 9.04. The summed E-state index contributed by atoms with van der Waals surface area (Å²) in [5, 5.41) is 3.60. The lowest BCUT2D eigenvalue weighted by Gasteiger charge is -2.42. The number of nitrogens with zero attached hydrogens (tertiary/aromatic N) is 2. The normalized spacial score (nSPS) is 36.3. The fourth-order valence-electron chi connectivity index (χ4n) is 4.67. The number of likely N-dealkylation sites (tertiary alicyclic amines) is 1. The van der Waals surface area contributed by atoms with Crippen molar-refractivity contribution in [1.29, 1.82) is 0 Å². The molecule has 0 spiro atoms. The zero-order chi connectivity index (χ0) is 15.4. The van der Waals surface area contributed by atoms with Crippen molar-refractivity contribution in [3.8, 4) is 0 Å². The summed E-state index contributed by atoms with van der Waals surface area (Å²) >= 11 is 0. The second-order valence-electron chi connectivity index (χ2n) is 8.08. The third-order valence-corrected chi connectivity index (χ3v) is 5.98. The maximum Gasteiger partial charge on any atom is 0.0110 e. The second-order valence-corrected chi connectivity index (χ2v) is 8.08. The Bertz CT molecular complexity index is 299. The molecule has 2 aliphatic rings. The smallest absolute Gasteiger partial charge is 0.0110 e. The van der Waals surface area contributed by atoms with Crippen LogP contribution < -0.4 is 5.32 Å². The minimum Gasteiger partial charge on any atom is -0.317 e. The van der Waals surface area contributed by atoms with Gasteiger partial charge in [0.2, 0.25) is 0 Å². The van der Waals surface area contributed by atoms with Gasteiger partial charge in [-0.3, -0.25) is 0 Å². The first kappa shape index (κ1) is 17.2. The molecule has 0 radical (unpaired) electrons. The predicted molar refractivity (Wildman–Crippen MR) is 91.6 cm³/mol. The van der Waals surface area contributed by atoms with Crippen molar-refractivity contribution in [1.82, 2.24) is 15.1 Å². The van der Waals surface area contributed by atoms with Crippen LogP contribution in [-0.4, -0.2) is 63.2 Å². The minimum absolute atomic E-state index is 0.712. The van der Waals surface area contributed by atoms with Crippen LogP contribution in [0, 0.1) is 23.7 Å². The number of nitrogens with one attached hydrogen (secondary N) is 1. The van der Waals surface area contributed by atoms with Gasteiger partial charge in [-0.1, -0.05) is 13.8 Å². The van der Waals surface area contributed by atoms with Crippen LogP contribution in [0.4, 0.5) is 0 Å². The largest absolute Gasteiger partial charge is 0.317 e. The monoisotopic (exact) mass is 295 g/mol. The van der Waals surface area contributed by atoms with Gasteiger partial charge in [-0.05, 0) is 83.6 Å². The first-order valence-electron chi connectivity index (χ1n) is 9.04. The molecule has 2 rings (SSSR count). The molecule has 2 fully saturated rings. The summed E-state index contributed by atoms with van der Waals surface area (Å²) in [5.74, 6) is 3.47. The molecule has 1 saturated heterocycles. The maximum absolute atomic E-state index is 3.60. The van der Waals surface area contributed by atoms with Gasteiger partial charge in [0.05, 0.1) is 0 Å². The summed E-state index contributed by atoms with van der Waals surface area (Å²) in [4.78, 5) is 5.09. The molecule has 124 valence electrons. The molecule has 3 nitrogen and oxygen atoms in total. The van der Waals surface area contributed by atoms with Gasteiger partial charge in [-0.2, -0.15) is 0 Å². The van der Waals surface area contributed by atoms with Crippen molar-refractivity contribution in [2.75, 3.05) is 47.3 Å². The Morgan fingerprint density at radius 2 is 1.76 bits per heavy atom. The van der Waals surface area contributed by atoms with E-state index in [0.717, 1.165) is 23.7 Å². The standard InChI is InChI=1S/C18H37N3/c1-14-10-15(2)17(18(11-14)19-3)13-21(5)12-16-6-8-20(4)9-7-16/h14-19H,6-13H2,1-5H3. The fraction of sp³-hybridized carbons (Fsp3) is 1.00. The predicted octanol–water partition coefficient (Wildman–Crippen LogP) is 2.53. The Labute approximate surface area is 132 Å². The van der Waals surface area contributed by atoms with Crippen LogP contribution in [0.2, 0.25) is 0 Å². The van der Waals surface area contributed by atoms with Gasteiger partial charge in [0.1, 0.15) is 0 Å². The van der Waals surface area contributed by atoms with Gasteiger partial charge >= 0.3 is 0 Å². The van der Waals surface area contributed by atoms with E-state index >= 15 is 0 Å². The molecule has 4 unspecified atom stereocenters. The lowest BCUT2D eigenvalue weighted by atomic mass is 9.72. The number of rotatable bonds is 5. The molecule has 1 saturated carbocycles. The van der Waals surface area contributed by atoms with E-state index < -0.39 is 0 Å². The molecule has 1 aliphatic heterocycles. The zero-order valence-corrected chi connectivity index (χ0v) is 14.9. The molecule has 1 aliphatic carbocycles. The van der Waals surface area contributed by atoms with Gasteiger partial charge in [0.15, 0.2) is 0 Å². The van der Waals surface area contributed by atoms with Gasteiger partial charge in [-0.25, -0.2) is 0 Å². The van der Waals surface area contributed by atoms with E-state index in [1.165, 1.54) is 51.9 Å². The Morgan fingerprint density at radius 3 is 2.38 bits per heavy atom. The summed E-state index contributed by atoms with van der Waals surface area (Å²) < 4.78 is 0. The molecular formula is C18H37N3. The first-order chi connectivity index (χ1) is 9.99. The Hall–Kier alpha value is -0.120. The van der Waals surface area contributed by atoms with Gasteiger partial charge in [0, 0.05) is 19.1 Å². The van der Waals surface area contributed by atoms with Crippen molar-refractivity contribution in [2.45, 2.75) is 45.6 Å². The van der Waals surface area contributed by atoms with Gasteiger partial charge < -0.3 is 15.1 Å². The molecule has 1 heterocycles. The highest BCUT2D eigenvalue weighted by molar-refractivity contribution is 4.88. The SMILES string of the molecule is CNC1CC(C)CC(C)C1CN(C)CC1CCN(C)CC1. The quantitative estimate of drug-likeness (QED) is 0.841. The number of hydrogen-bond donors (Lipinski definition) is 1. The van der Waals surface area contributed by atoms with E-state index in [0.29, 0.717) is 6.04 Å².